The molecule has 1 aromatic carbocycles. The van der Waals surface area contributed by atoms with Crippen molar-refractivity contribution in [1.29, 1.82) is 0 Å². The largest absolute Gasteiger partial charge is 0.309 e. The Morgan fingerprint density at radius 3 is 2.65 bits per heavy atom. The average molecular weight is 263 g/mol. The maximum atomic E-state index is 4.57. The third kappa shape index (κ3) is 2.83. The molecule has 0 aliphatic carbocycles. The Balaban J connectivity index is 1.77. The molecule has 100 valence electrons. The van der Waals surface area contributed by atoms with Gasteiger partial charge in [0.25, 0.3) is 0 Å². The van der Waals surface area contributed by atoms with Gasteiger partial charge in [-0.15, -0.1) is 0 Å². The summed E-state index contributed by atoms with van der Waals surface area (Å²) in [5, 5.41) is 4.70. The van der Waals surface area contributed by atoms with Crippen LogP contribution in [0.3, 0.4) is 0 Å². The standard InChI is InChI=1S/C17H17N3/c1-13-10-15(16-4-2-3-5-17(16)20-13)12-19-11-14-6-8-18-9-7-14/h2-10,19H,11-12H2,1H3. The van der Waals surface area contributed by atoms with Crippen LogP contribution in [0, 0.1) is 6.92 Å². The molecule has 0 amide bonds. The van der Waals surface area contributed by atoms with Crippen molar-refractivity contribution in [2.45, 2.75) is 20.0 Å². The van der Waals surface area contributed by atoms with Gasteiger partial charge in [-0.25, -0.2) is 0 Å². The molecule has 0 unspecified atom stereocenters. The molecule has 0 aliphatic rings. The van der Waals surface area contributed by atoms with Crippen LogP contribution >= 0.6 is 0 Å². The first-order chi connectivity index (χ1) is 9.83. The van der Waals surface area contributed by atoms with E-state index in [1.54, 1.807) is 0 Å². The van der Waals surface area contributed by atoms with Gasteiger partial charge in [0, 0.05) is 36.6 Å². The quantitative estimate of drug-likeness (QED) is 0.785. The summed E-state index contributed by atoms with van der Waals surface area (Å²) in [4.78, 5) is 8.59. The van der Waals surface area contributed by atoms with Gasteiger partial charge in [-0.05, 0) is 42.3 Å². The lowest BCUT2D eigenvalue weighted by molar-refractivity contribution is 0.695. The Morgan fingerprint density at radius 2 is 1.80 bits per heavy atom. The number of aromatic nitrogens is 2. The number of hydrogen-bond acceptors (Lipinski definition) is 3. The number of aryl methyl sites for hydroxylation is 1. The second-order valence-corrected chi connectivity index (χ2v) is 4.90. The van der Waals surface area contributed by atoms with Crippen LogP contribution in [0.25, 0.3) is 10.9 Å². The summed E-state index contributed by atoms with van der Waals surface area (Å²) in [6, 6.07) is 14.5. The van der Waals surface area contributed by atoms with Gasteiger partial charge >= 0.3 is 0 Å². The highest BCUT2D eigenvalue weighted by Gasteiger charge is 2.03. The Bertz CT molecular complexity index is 708. The summed E-state index contributed by atoms with van der Waals surface area (Å²) in [6.07, 6.45) is 3.64. The molecule has 0 radical (unpaired) electrons. The number of fused-ring (bicyclic) bond motifs is 1. The van der Waals surface area contributed by atoms with Gasteiger partial charge in [0.1, 0.15) is 0 Å². The fourth-order valence-electron chi connectivity index (χ4n) is 2.38. The number of pyridine rings is 2. The predicted molar refractivity (Wildman–Crippen MR) is 81.3 cm³/mol. The molecule has 3 nitrogen and oxygen atoms in total. The lowest BCUT2D eigenvalue weighted by Crippen LogP contribution is -2.13. The van der Waals surface area contributed by atoms with Crippen LogP contribution in [0.4, 0.5) is 0 Å². The van der Waals surface area contributed by atoms with Gasteiger partial charge in [0.15, 0.2) is 0 Å². The zero-order valence-electron chi connectivity index (χ0n) is 11.5. The monoisotopic (exact) mass is 263 g/mol. The Kier molecular flexibility index (Phi) is 3.70. The summed E-state index contributed by atoms with van der Waals surface area (Å²) < 4.78 is 0. The molecule has 0 spiro atoms. The highest BCUT2D eigenvalue weighted by molar-refractivity contribution is 5.82. The van der Waals surface area contributed by atoms with E-state index in [0.717, 1.165) is 24.3 Å². The van der Waals surface area contributed by atoms with Crippen LogP contribution in [0.1, 0.15) is 16.8 Å². The normalized spacial score (nSPS) is 10.8. The van der Waals surface area contributed by atoms with Crippen molar-refractivity contribution in [3.63, 3.8) is 0 Å². The summed E-state index contributed by atoms with van der Waals surface area (Å²) in [7, 11) is 0. The number of benzene rings is 1. The van der Waals surface area contributed by atoms with Gasteiger partial charge in [-0.1, -0.05) is 18.2 Å². The number of hydrogen-bond donors (Lipinski definition) is 1. The van der Waals surface area contributed by atoms with Crippen LogP contribution in [-0.4, -0.2) is 9.97 Å². The van der Waals surface area contributed by atoms with Crippen molar-refractivity contribution in [2.24, 2.45) is 0 Å². The smallest absolute Gasteiger partial charge is 0.0708 e. The summed E-state index contributed by atoms with van der Waals surface area (Å²) in [5.74, 6) is 0. The Morgan fingerprint density at radius 1 is 1.00 bits per heavy atom. The van der Waals surface area contributed by atoms with Gasteiger partial charge in [0.05, 0.1) is 5.52 Å². The summed E-state index contributed by atoms with van der Waals surface area (Å²) in [5.41, 5.74) is 4.66. The SMILES string of the molecule is Cc1cc(CNCc2ccncc2)c2ccccc2n1. The molecule has 2 heterocycles. The summed E-state index contributed by atoms with van der Waals surface area (Å²) >= 11 is 0. The van der Waals surface area contributed by atoms with Crippen LogP contribution < -0.4 is 5.32 Å². The predicted octanol–water partition coefficient (Wildman–Crippen LogP) is 3.23. The molecule has 1 N–H and O–H groups in total. The van der Waals surface area contributed by atoms with Gasteiger partial charge in [-0.2, -0.15) is 0 Å². The average Bonchev–Trinajstić information content (AvgIpc) is 2.48. The Hall–Kier alpha value is -2.26. The van der Waals surface area contributed by atoms with Gasteiger partial charge in [-0.3, -0.25) is 9.97 Å². The van der Waals surface area contributed by atoms with Crippen molar-refractivity contribution in [3.05, 3.63) is 71.7 Å². The van der Waals surface area contributed by atoms with Crippen molar-refractivity contribution in [3.8, 4) is 0 Å². The first kappa shape index (κ1) is 12.8. The van der Waals surface area contributed by atoms with Gasteiger partial charge in [0.2, 0.25) is 0 Å². The van der Waals surface area contributed by atoms with Crippen LogP contribution in [0.15, 0.2) is 54.9 Å². The minimum absolute atomic E-state index is 0.839. The number of nitrogens with one attached hydrogen (secondary N) is 1. The first-order valence-electron chi connectivity index (χ1n) is 6.78. The van der Waals surface area contributed by atoms with E-state index >= 15 is 0 Å². The molecule has 0 fully saturated rings. The van der Waals surface area contributed by atoms with E-state index in [4.69, 9.17) is 0 Å². The highest BCUT2D eigenvalue weighted by Crippen LogP contribution is 2.18. The lowest BCUT2D eigenvalue weighted by Gasteiger charge is -2.09. The third-order valence-corrected chi connectivity index (χ3v) is 3.32. The van der Waals surface area contributed by atoms with E-state index in [1.807, 2.05) is 37.5 Å². The minimum atomic E-state index is 0.839. The number of para-hydroxylation sites is 1. The minimum Gasteiger partial charge on any atom is -0.309 e. The maximum absolute atomic E-state index is 4.57. The first-order valence-corrected chi connectivity index (χ1v) is 6.78. The van der Waals surface area contributed by atoms with E-state index in [9.17, 15) is 0 Å². The van der Waals surface area contributed by atoms with Crippen molar-refractivity contribution < 1.29 is 0 Å². The van der Waals surface area contributed by atoms with E-state index in [0.29, 0.717) is 0 Å². The van der Waals surface area contributed by atoms with Crippen LogP contribution in [0.5, 0.6) is 0 Å². The second kappa shape index (κ2) is 5.80. The molecule has 0 saturated heterocycles. The molecule has 20 heavy (non-hydrogen) atoms. The molecular weight excluding hydrogens is 246 g/mol. The van der Waals surface area contributed by atoms with Crippen molar-refractivity contribution in [2.75, 3.05) is 0 Å². The molecule has 2 aromatic heterocycles. The van der Waals surface area contributed by atoms with Gasteiger partial charge < -0.3 is 5.32 Å². The lowest BCUT2D eigenvalue weighted by atomic mass is 10.1. The van der Waals surface area contributed by atoms with E-state index in [1.165, 1.54) is 16.5 Å². The highest BCUT2D eigenvalue weighted by atomic mass is 14.9. The summed E-state index contributed by atoms with van der Waals surface area (Å²) in [6.45, 7) is 3.73. The fraction of sp³-hybridized carbons (Fsp3) is 0.176. The maximum Gasteiger partial charge on any atom is 0.0708 e. The number of nitrogens with zero attached hydrogens (tertiary/aromatic N) is 2. The molecule has 0 aliphatic heterocycles. The molecule has 3 heteroatoms. The van der Waals surface area contributed by atoms with E-state index in [-0.39, 0.29) is 0 Å². The molecule has 3 aromatic rings. The molecule has 0 saturated carbocycles. The van der Waals surface area contributed by atoms with Crippen LogP contribution in [0.2, 0.25) is 0 Å². The fourth-order valence-corrected chi connectivity index (χ4v) is 2.38. The van der Waals surface area contributed by atoms with Crippen molar-refractivity contribution >= 4 is 10.9 Å². The van der Waals surface area contributed by atoms with E-state index < -0.39 is 0 Å². The van der Waals surface area contributed by atoms with Crippen molar-refractivity contribution in [1.82, 2.24) is 15.3 Å². The Labute approximate surface area is 118 Å². The zero-order chi connectivity index (χ0) is 13.8. The number of rotatable bonds is 4. The molecule has 0 bridgehead atoms. The van der Waals surface area contributed by atoms with Crippen LogP contribution in [-0.2, 0) is 13.1 Å². The third-order valence-electron chi connectivity index (χ3n) is 3.32. The topological polar surface area (TPSA) is 37.8 Å². The second-order valence-electron chi connectivity index (χ2n) is 4.90. The molecule has 0 atom stereocenters. The van der Waals surface area contributed by atoms with E-state index in [2.05, 4.69) is 39.6 Å². The molecule has 3 rings (SSSR count). The zero-order valence-corrected chi connectivity index (χ0v) is 11.5. The molecular formula is C17H17N3.